The van der Waals surface area contributed by atoms with Crippen molar-refractivity contribution in [1.29, 1.82) is 0 Å². The van der Waals surface area contributed by atoms with Crippen LogP contribution in [0.1, 0.15) is 33.6 Å². The van der Waals surface area contributed by atoms with Crippen LogP contribution < -0.4 is 15.8 Å². The Labute approximate surface area is 156 Å². The third-order valence-electron chi connectivity index (χ3n) is 5.31. The number of hydrogen-bond acceptors (Lipinski definition) is 3. The zero-order chi connectivity index (χ0) is 18.4. The quantitative estimate of drug-likeness (QED) is 0.840. The van der Waals surface area contributed by atoms with Gasteiger partial charge in [-0.1, -0.05) is 42.5 Å². The first kappa shape index (κ1) is 15.8. The van der Waals surface area contributed by atoms with Gasteiger partial charge in [0.2, 0.25) is 0 Å². The first-order chi connectivity index (χ1) is 13.2. The summed E-state index contributed by atoms with van der Waals surface area (Å²) in [5.41, 5.74) is 4.13. The van der Waals surface area contributed by atoms with Crippen LogP contribution in [0.3, 0.4) is 0 Å². The first-order valence-electron chi connectivity index (χ1n) is 9.14. The monoisotopic (exact) mass is 354 g/mol. The molecule has 0 saturated heterocycles. The average molecular weight is 354 g/mol. The number of amides is 2. The van der Waals surface area contributed by atoms with Crippen LogP contribution in [-0.4, -0.2) is 23.3 Å². The predicted octanol–water partition coefficient (Wildman–Crippen LogP) is 2.08. The molecule has 1 aliphatic carbocycles. The Hall–Kier alpha value is -3.40. The Morgan fingerprint density at radius 1 is 0.926 bits per heavy atom. The van der Waals surface area contributed by atoms with Crippen molar-refractivity contribution in [3.8, 4) is 0 Å². The summed E-state index contributed by atoms with van der Waals surface area (Å²) in [6.45, 7) is 0.224. The first-order valence-corrected chi connectivity index (χ1v) is 9.14. The van der Waals surface area contributed by atoms with E-state index in [1.54, 1.807) is 24.3 Å². The molecule has 0 saturated carbocycles. The fourth-order valence-corrected chi connectivity index (χ4v) is 3.93. The minimum atomic E-state index is -0.232. The lowest BCUT2D eigenvalue weighted by Gasteiger charge is -2.20. The Kier molecular flexibility index (Phi) is 3.57. The number of hydrogen-bond donors (Lipinski definition) is 1. The molecule has 132 valence electrons. The highest BCUT2D eigenvalue weighted by Crippen LogP contribution is 2.24. The third kappa shape index (κ3) is 2.53. The summed E-state index contributed by atoms with van der Waals surface area (Å²) >= 11 is 0. The number of imide groups is 1. The molecule has 0 spiro atoms. The van der Waals surface area contributed by atoms with Gasteiger partial charge in [0.15, 0.2) is 0 Å². The molecule has 3 aliphatic rings. The Morgan fingerprint density at radius 2 is 1.63 bits per heavy atom. The molecule has 2 aliphatic heterocycles. The van der Waals surface area contributed by atoms with Crippen molar-refractivity contribution in [1.82, 2.24) is 10.2 Å². The van der Waals surface area contributed by atoms with E-state index in [1.807, 2.05) is 18.2 Å². The number of nitrogens with zero attached hydrogens (tertiary/aromatic N) is 1. The summed E-state index contributed by atoms with van der Waals surface area (Å²) in [4.78, 5) is 26.9. The van der Waals surface area contributed by atoms with E-state index in [2.05, 4.69) is 29.6 Å². The summed E-state index contributed by atoms with van der Waals surface area (Å²) < 4.78 is 0. The molecule has 0 bridgehead atoms. The molecule has 2 amide bonds. The van der Waals surface area contributed by atoms with Crippen LogP contribution in [-0.2, 0) is 0 Å². The molecule has 5 rings (SSSR count). The minimum absolute atomic E-state index is 0.224. The van der Waals surface area contributed by atoms with E-state index < -0.39 is 0 Å². The van der Waals surface area contributed by atoms with Crippen molar-refractivity contribution in [2.75, 3.05) is 6.54 Å². The van der Waals surface area contributed by atoms with Gasteiger partial charge in [0.05, 0.1) is 17.7 Å². The van der Waals surface area contributed by atoms with Crippen LogP contribution >= 0.6 is 0 Å². The smallest absolute Gasteiger partial charge is 0.261 e. The molecular formula is C23H18N2O2. The Bertz CT molecular complexity index is 1140. The topological polar surface area (TPSA) is 49.4 Å². The van der Waals surface area contributed by atoms with E-state index in [-0.39, 0.29) is 18.4 Å². The number of rotatable bonds is 2. The van der Waals surface area contributed by atoms with Crippen LogP contribution in [0.25, 0.3) is 11.8 Å². The Morgan fingerprint density at radius 3 is 2.41 bits per heavy atom. The van der Waals surface area contributed by atoms with Crippen LogP contribution in [0.2, 0.25) is 0 Å². The second-order valence-electron chi connectivity index (χ2n) is 6.96. The van der Waals surface area contributed by atoms with E-state index >= 15 is 0 Å². The maximum Gasteiger partial charge on any atom is 0.261 e. The summed E-state index contributed by atoms with van der Waals surface area (Å²) in [6.07, 6.45) is 8.44. The largest absolute Gasteiger partial charge is 0.357 e. The molecule has 0 unspecified atom stereocenters. The van der Waals surface area contributed by atoms with Gasteiger partial charge in [-0.2, -0.15) is 0 Å². The van der Waals surface area contributed by atoms with Gasteiger partial charge in [0.1, 0.15) is 0 Å². The zero-order valence-corrected chi connectivity index (χ0v) is 14.7. The van der Waals surface area contributed by atoms with Crippen molar-refractivity contribution in [2.24, 2.45) is 0 Å². The van der Waals surface area contributed by atoms with Gasteiger partial charge in [-0.3, -0.25) is 14.5 Å². The molecule has 0 radical (unpaired) electrons. The number of benzene rings is 2. The third-order valence-corrected chi connectivity index (χ3v) is 5.31. The maximum absolute atomic E-state index is 12.8. The molecule has 0 atom stereocenters. The molecule has 27 heavy (non-hydrogen) atoms. The maximum atomic E-state index is 12.8. The lowest BCUT2D eigenvalue weighted by Crippen LogP contribution is -2.39. The zero-order valence-electron chi connectivity index (χ0n) is 14.7. The van der Waals surface area contributed by atoms with Crippen LogP contribution in [0.4, 0.5) is 0 Å². The number of carbonyl (C=O) groups excluding carboxylic acids is 2. The van der Waals surface area contributed by atoms with E-state index in [0.717, 1.165) is 34.7 Å². The van der Waals surface area contributed by atoms with Gasteiger partial charge in [0.25, 0.3) is 11.8 Å². The predicted molar refractivity (Wildman–Crippen MR) is 104 cm³/mol. The molecular weight excluding hydrogens is 336 g/mol. The molecule has 2 heterocycles. The molecule has 0 fully saturated rings. The summed E-state index contributed by atoms with van der Waals surface area (Å²) in [7, 11) is 0. The number of fused-ring (bicyclic) bond motifs is 2. The number of allylic oxidation sites excluding steroid dienone is 3. The summed E-state index contributed by atoms with van der Waals surface area (Å²) in [5, 5.41) is 5.63. The highest BCUT2D eigenvalue weighted by atomic mass is 16.2. The van der Waals surface area contributed by atoms with E-state index in [1.165, 1.54) is 10.5 Å². The van der Waals surface area contributed by atoms with Gasteiger partial charge in [-0.25, -0.2) is 0 Å². The van der Waals surface area contributed by atoms with Crippen molar-refractivity contribution in [3.05, 3.63) is 93.5 Å². The van der Waals surface area contributed by atoms with Crippen LogP contribution in [0, 0.1) is 0 Å². The van der Waals surface area contributed by atoms with Crippen molar-refractivity contribution < 1.29 is 9.59 Å². The molecule has 4 nitrogen and oxygen atoms in total. The second-order valence-corrected chi connectivity index (χ2v) is 6.96. The fraction of sp³-hybridized carbons (Fsp3) is 0.130. The van der Waals surface area contributed by atoms with Gasteiger partial charge >= 0.3 is 0 Å². The minimum Gasteiger partial charge on any atom is -0.357 e. The summed E-state index contributed by atoms with van der Waals surface area (Å²) in [5.74, 6) is -0.465. The van der Waals surface area contributed by atoms with Crippen LogP contribution in [0.15, 0.2) is 72.0 Å². The SMILES string of the molecule is O=C1c2ccccc2C(=O)N1CC1=c2ccccc2=CC2=C(C=CCC2)N1. The van der Waals surface area contributed by atoms with E-state index in [0.29, 0.717) is 11.1 Å². The molecule has 0 aromatic heterocycles. The van der Waals surface area contributed by atoms with Gasteiger partial charge in [-0.05, 0) is 47.9 Å². The normalized spacial score (nSPS) is 17.8. The Balaban J connectivity index is 1.60. The standard InChI is InChI=1S/C23H18N2O2/c26-22-18-10-4-5-11-19(18)23(27)25(22)14-21-17-9-3-1-7-15(17)13-16-8-2-6-12-20(16)24-21/h1,3-7,9-13,24H,2,8,14H2. The van der Waals surface area contributed by atoms with Crippen molar-refractivity contribution >= 4 is 23.6 Å². The molecule has 4 heteroatoms. The van der Waals surface area contributed by atoms with Gasteiger partial charge in [0, 0.05) is 16.6 Å². The lowest BCUT2D eigenvalue weighted by atomic mass is 10.0. The van der Waals surface area contributed by atoms with Gasteiger partial charge < -0.3 is 5.32 Å². The molecule has 2 aromatic rings. The highest BCUT2D eigenvalue weighted by molar-refractivity contribution is 6.21. The van der Waals surface area contributed by atoms with E-state index in [4.69, 9.17) is 0 Å². The van der Waals surface area contributed by atoms with Crippen molar-refractivity contribution in [3.63, 3.8) is 0 Å². The second kappa shape index (κ2) is 6.09. The lowest BCUT2D eigenvalue weighted by molar-refractivity contribution is 0.0673. The average Bonchev–Trinajstić information content (AvgIpc) is 2.86. The number of nitrogens with one attached hydrogen (secondary N) is 1. The highest BCUT2D eigenvalue weighted by Gasteiger charge is 2.35. The van der Waals surface area contributed by atoms with Crippen LogP contribution in [0.5, 0.6) is 0 Å². The molecule has 1 N–H and O–H groups in total. The fourth-order valence-electron chi connectivity index (χ4n) is 3.93. The van der Waals surface area contributed by atoms with Gasteiger partial charge in [-0.15, -0.1) is 0 Å². The van der Waals surface area contributed by atoms with Crippen molar-refractivity contribution in [2.45, 2.75) is 12.8 Å². The van der Waals surface area contributed by atoms with E-state index in [9.17, 15) is 9.59 Å². The summed E-state index contributed by atoms with van der Waals surface area (Å²) in [6, 6.07) is 15.1. The molecule has 2 aromatic carbocycles. The number of carbonyl (C=O) groups is 2.